The van der Waals surface area contributed by atoms with Crippen LogP contribution in [-0.4, -0.2) is 45.5 Å². The van der Waals surface area contributed by atoms with Gasteiger partial charge in [-0.3, -0.25) is 4.79 Å². The van der Waals surface area contributed by atoms with Crippen LogP contribution >= 0.6 is 0 Å². The third kappa shape index (κ3) is 4.23. The number of amides is 1. The van der Waals surface area contributed by atoms with E-state index in [1.807, 2.05) is 0 Å². The van der Waals surface area contributed by atoms with E-state index in [0.29, 0.717) is 59.7 Å². The predicted octanol–water partition coefficient (Wildman–Crippen LogP) is 2.86. The summed E-state index contributed by atoms with van der Waals surface area (Å²) in [7, 11) is -3.45. The van der Waals surface area contributed by atoms with E-state index in [2.05, 4.69) is 0 Å². The van der Waals surface area contributed by atoms with Crippen LogP contribution < -0.4 is 10.5 Å². The highest BCUT2D eigenvalue weighted by Crippen LogP contribution is 2.46. The maximum atomic E-state index is 12.3. The molecule has 1 aliphatic heterocycles. The molecule has 0 unspecified atom stereocenters. The smallest absolute Gasteiger partial charge is 0.252 e. The van der Waals surface area contributed by atoms with Crippen molar-refractivity contribution in [2.45, 2.75) is 36.7 Å². The first kappa shape index (κ1) is 23.3. The van der Waals surface area contributed by atoms with Gasteiger partial charge in [-0.15, -0.1) is 0 Å². The van der Waals surface area contributed by atoms with Crippen molar-refractivity contribution < 1.29 is 32.2 Å². The molecule has 0 saturated carbocycles. The minimum atomic E-state index is -3.45. The van der Waals surface area contributed by atoms with Gasteiger partial charge in [0.15, 0.2) is 9.84 Å². The molecule has 1 fully saturated rings. The summed E-state index contributed by atoms with van der Waals surface area (Å²) in [6.07, 6.45) is 2.18. The Hall–Kier alpha value is -2.88. The Bertz CT molecular complexity index is 1300. The number of benzene rings is 2. The van der Waals surface area contributed by atoms with E-state index in [0.717, 1.165) is 6.26 Å². The highest BCUT2D eigenvalue weighted by atomic mass is 32.2. The van der Waals surface area contributed by atoms with Crippen molar-refractivity contribution in [1.82, 2.24) is 0 Å². The fourth-order valence-electron chi connectivity index (χ4n) is 4.62. The largest absolute Gasteiger partial charge is 0.489 e. The number of sulfone groups is 1. The Labute approximate surface area is 192 Å². The van der Waals surface area contributed by atoms with Crippen molar-refractivity contribution in [3.8, 4) is 5.75 Å². The van der Waals surface area contributed by atoms with Gasteiger partial charge < -0.3 is 24.7 Å². The molecule has 176 valence electrons. The number of furan rings is 1. The zero-order valence-corrected chi connectivity index (χ0v) is 19.4. The summed E-state index contributed by atoms with van der Waals surface area (Å²) in [4.78, 5) is 12.5. The van der Waals surface area contributed by atoms with E-state index >= 15 is 0 Å². The number of nitrogens with two attached hydrogens (primary N) is 1. The maximum absolute atomic E-state index is 12.3. The van der Waals surface area contributed by atoms with Gasteiger partial charge in [-0.1, -0.05) is 18.2 Å². The number of ether oxygens (including phenoxy) is 2. The van der Waals surface area contributed by atoms with E-state index in [1.54, 1.807) is 37.3 Å². The van der Waals surface area contributed by atoms with Crippen molar-refractivity contribution >= 4 is 26.7 Å². The van der Waals surface area contributed by atoms with E-state index in [9.17, 15) is 18.3 Å². The van der Waals surface area contributed by atoms with Crippen LogP contribution in [0.2, 0.25) is 0 Å². The molecular formula is C24H27NO7S. The van der Waals surface area contributed by atoms with Gasteiger partial charge in [0, 0.05) is 41.4 Å². The summed E-state index contributed by atoms with van der Waals surface area (Å²) in [6.45, 7) is 2.35. The second kappa shape index (κ2) is 8.81. The monoisotopic (exact) mass is 473 g/mol. The molecule has 4 rings (SSSR count). The Morgan fingerprint density at radius 1 is 1.18 bits per heavy atom. The number of hydrogen-bond donors (Lipinski definition) is 2. The predicted molar refractivity (Wildman–Crippen MR) is 122 cm³/mol. The lowest BCUT2D eigenvalue weighted by molar-refractivity contribution is 0.0246. The van der Waals surface area contributed by atoms with Gasteiger partial charge in [-0.25, -0.2) is 8.42 Å². The Balaban J connectivity index is 1.89. The first-order valence-corrected chi connectivity index (χ1v) is 12.5. The molecule has 9 heteroatoms. The molecule has 0 bridgehead atoms. The van der Waals surface area contributed by atoms with Gasteiger partial charge in [-0.05, 0) is 38.0 Å². The summed E-state index contributed by atoms with van der Waals surface area (Å²) in [5, 5.41) is 11.0. The van der Waals surface area contributed by atoms with E-state index < -0.39 is 21.2 Å². The second-order valence-corrected chi connectivity index (χ2v) is 10.4. The van der Waals surface area contributed by atoms with Crippen LogP contribution in [0.15, 0.2) is 45.7 Å². The molecule has 0 aliphatic carbocycles. The summed E-state index contributed by atoms with van der Waals surface area (Å²) in [5.74, 6) is 0.191. The van der Waals surface area contributed by atoms with Crippen molar-refractivity contribution in [3.05, 3.63) is 58.8 Å². The number of carbonyl (C=O) groups is 1. The fraction of sp³-hybridized carbons (Fsp3) is 0.375. The van der Waals surface area contributed by atoms with E-state index in [1.165, 1.54) is 6.07 Å². The molecule has 0 spiro atoms. The number of aliphatic hydroxyl groups excluding tert-OH is 1. The van der Waals surface area contributed by atoms with Crippen molar-refractivity contribution in [3.63, 3.8) is 0 Å². The van der Waals surface area contributed by atoms with Crippen molar-refractivity contribution in [1.29, 1.82) is 0 Å². The zero-order valence-electron chi connectivity index (χ0n) is 18.6. The lowest BCUT2D eigenvalue weighted by Gasteiger charge is -2.37. The molecule has 3 N–H and O–H groups in total. The van der Waals surface area contributed by atoms with Gasteiger partial charge in [0.2, 0.25) is 0 Å². The minimum absolute atomic E-state index is 0.0114. The number of aryl methyl sites for hydroxylation is 1. The SMILES string of the molecule is Cc1oc2ccc(OCc3ccccc3S(C)(=O)=O)c(C3(CO)CCOCC3)c2c1C(N)=O. The summed E-state index contributed by atoms with van der Waals surface area (Å²) < 4.78 is 41.9. The number of primary amides is 1. The normalized spacial score (nSPS) is 16.1. The third-order valence-corrected chi connectivity index (χ3v) is 7.48. The summed E-state index contributed by atoms with van der Waals surface area (Å²) in [5.41, 5.74) is 6.83. The van der Waals surface area contributed by atoms with E-state index in [4.69, 9.17) is 19.6 Å². The van der Waals surface area contributed by atoms with Gasteiger partial charge in [0.05, 0.1) is 17.1 Å². The number of rotatable bonds is 7. The quantitative estimate of drug-likeness (QED) is 0.540. The van der Waals surface area contributed by atoms with Crippen LogP contribution in [0.5, 0.6) is 5.75 Å². The van der Waals surface area contributed by atoms with Crippen LogP contribution in [0.1, 0.15) is 40.1 Å². The minimum Gasteiger partial charge on any atom is -0.489 e. The average molecular weight is 474 g/mol. The summed E-state index contributed by atoms with van der Waals surface area (Å²) in [6, 6.07) is 10.1. The average Bonchev–Trinajstić information content (AvgIpc) is 3.13. The molecule has 1 saturated heterocycles. The molecule has 0 atom stereocenters. The molecule has 8 nitrogen and oxygen atoms in total. The molecule has 2 heterocycles. The molecule has 33 heavy (non-hydrogen) atoms. The fourth-order valence-corrected chi connectivity index (χ4v) is 5.55. The molecule has 1 aromatic heterocycles. The highest BCUT2D eigenvalue weighted by Gasteiger charge is 2.40. The van der Waals surface area contributed by atoms with Gasteiger partial charge in [0.25, 0.3) is 5.91 Å². The molecule has 1 amide bonds. The van der Waals surface area contributed by atoms with Gasteiger partial charge in [-0.2, -0.15) is 0 Å². The lowest BCUT2D eigenvalue weighted by Crippen LogP contribution is -2.38. The number of aliphatic hydroxyl groups is 1. The Morgan fingerprint density at radius 3 is 2.52 bits per heavy atom. The summed E-state index contributed by atoms with van der Waals surface area (Å²) >= 11 is 0. The molecule has 3 aromatic rings. The zero-order chi connectivity index (χ0) is 23.8. The van der Waals surface area contributed by atoms with Crippen LogP contribution in [0.25, 0.3) is 11.0 Å². The second-order valence-electron chi connectivity index (χ2n) is 8.43. The Morgan fingerprint density at radius 2 is 1.88 bits per heavy atom. The first-order chi connectivity index (χ1) is 15.7. The van der Waals surface area contributed by atoms with Crippen LogP contribution in [0.3, 0.4) is 0 Å². The maximum Gasteiger partial charge on any atom is 0.252 e. The third-order valence-electron chi connectivity index (χ3n) is 6.28. The van der Waals surface area contributed by atoms with Gasteiger partial charge in [0.1, 0.15) is 23.7 Å². The first-order valence-electron chi connectivity index (χ1n) is 10.6. The van der Waals surface area contributed by atoms with Gasteiger partial charge >= 0.3 is 0 Å². The molecular weight excluding hydrogens is 446 g/mol. The number of hydrogen-bond acceptors (Lipinski definition) is 7. The van der Waals surface area contributed by atoms with Crippen molar-refractivity contribution in [2.24, 2.45) is 5.73 Å². The Kier molecular flexibility index (Phi) is 6.22. The highest BCUT2D eigenvalue weighted by molar-refractivity contribution is 7.90. The van der Waals surface area contributed by atoms with E-state index in [-0.39, 0.29) is 23.7 Å². The number of carbonyl (C=O) groups excluding carboxylic acids is 1. The molecule has 2 aromatic carbocycles. The molecule has 1 aliphatic rings. The standard InChI is InChI=1S/C24H27NO7S/c1-15-20(23(25)27)21-17(32-15)7-8-18(22(21)24(14-26)9-11-30-12-10-24)31-13-16-5-3-4-6-19(16)33(2,28)29/h3-8,26H,9-14H2,1-2H3,(H2,25,27). The van der Waals surface area contributed by atoms with Crippen LogP contribution in [0, 0.1) is 6.92 Å². The topological polar surface area (TPSA) is 129 Å². The van der Waals surface area contributed by atoms with Crippen LogP contribution in [0.4, 0.5) is 0 Å². The number of fused-ring (bicyclic) bond motifs is 1. The lowest BCUT2D eigenvalue weighted by atomic mass is 9.72. The molecule has 0 radical (unpaired) electrons. The van der Waals surface area contributed by atoms with Crippen LogP contribution in [-0.2, 0) is 26.6 Å². The van der Waals surface area contributed by atoms with Crippen molar-refractivity contribution in [2.75, 3.05) is 26.1 Å².